The summed E-state index contributed by atoms with van der Waals surface area (Å²) in [6.45, 7) is 4.32. The van der Waals surface area contributed by atoms with E-state index in [1.807, 2.05) is 19.1 Å². The molecule has 0 atom stereocenters. The van der Waals surface area contributed by atoms with Crippen molar-refractivity contribution >= 4 is 23.2 Å². The van der Waals surface area contributed by atoms with Gasteiger partial charge in [-0.25, -0.2) is 9.07 Å². The highest BCUT2D eigenvalue weighted by atomic mass is 35.5. The SMILES string of the molecule is Cc1c(C(=O)N2CCN(c3ccc(F)cc3)CC2)nnn1-c1cccc(Cl)c1. The third-order valence-electron chi connectivity index (χ3n) is 4.91. The van der Waals surface area contributed by atoms with E-state index in [0.29, 0.717) is 42.6 Å². The molecule has 1 aromatic heterocycles. The molecule has 0 bridgehead atoms. The smallest absolute Gasteiger partial charge is 0.276 e. The normalized spacial score (nSPS) is 14.4. The van der Waals surface area contributed by atoms with Crippen LogP contribution in [0, 0.1) is 12.7 Å². The van der Waals surface area contributed by atoms with Gasteiger partial charge < -0.3 is 9.80 Å². The standard InChI is InChI=1S/C20H19ClFN5O/c1-14-19(23-24-27(14)18-4-2-3-15(21)13-18)20(28)26-11-9-25(10-12-26)17-7-5-16(22)6-8-17/h2-8,13H,9-12H2,1H3. The maximum absolute atomic E-state index is 13.1. The Morgan fingerprint density at radius 1 is 1.04 bits per heavy atom. The molecule has 1 aliphatic heterocycles. The quantitative estimate of drug-likeness (QED) is 0.678. The second kappa shape index (κ2) is 7.59. The van der Waals surface area contributed by atoms with Gasteiger partial charge in [-0.2, -0.15) is 0 Å². The predicted octanol–water partition coefficient (Wildman–Crippen LogP) is 3.33. The summed E-state index contributed by atoms with van der Waals surface area (Å²) in [7, 11) is 0. The number of carbonyl (C=O) groups is 1. The molecule has 1 fully saturated rings. The average molecular weight is 400 g/mol. The minimum atomic E-state index is -0.254. The van der Waals surface area contributed by atoms with Gasteiger partial charge in [0.1, 0.15) is 5.82 Å². The first-order chi connectivity index (χ1) is 13.5. The van der Waals surface area contributed by atoms with Crippen LogP contribution in [0.1, 0.15) is 16.2 Å². The van der Waals surface area contributed by atoms with E-state index in [1.54, 1.807) is 33.8 Å². The molecule has 1 saturated heterocycles. The Labute approximate surface area is 167 Å². The van der Waals surface area contributed by atoms with Crippen LogP contribution >= 0.6 is 11.6 Å². The highest BCUT2D eigenvalue weighted by molar-refractivity contribution is 6.30. The van der Waals surface area contributed by atoms with E-state index in [2.05, 4.69) is 15.2 Å². The topological polar surface area (TPSA) is 54.3 Å². The van der Waals surface area contributed by atoms with Crippen molar-refractivity contribution in [2.24, 2.45) is 0 Å². The Kier molecular flexibility index (Phi) is 5.00. The molecule has 2 heterocycles. The Bertz CT molecular complexity index is 996. The predicted molar refractivity (Wildman–Crippen MR) is 106 cm³/mol. The van der Waals surface area contributed by atoms with Gasteiger partial charge in [0.15, 0.2) is 5.69 Å². The van der Waals surface area contributed by atoms with Crippen LogP contribution in [-0.4, -0.2) is 52.0 Å². The summed E-state index contributed by atoms with van der Waals surface area (Å²) in [5.41, 5.74) is 2.73. The third kappa shape index (κ3) is 3.57. The van der Waals surface area contributed by atoms with Crippen LogP contribution in [0.2, 0.25) is 5.02 Å². The van der Waals surface area contributed by atoms with Crippen LogP contribution in [0.25, 0.3) is 5.69 Å². The third-order valence-corrected chi connectivity index (χ3v) is 5.14. The zero-order valence-electron chi connectivity index (χ0n) is 15.3. The summed E-state index contributed by atoms with van der Waals surface area (Å²) in [5, 5.41) is 8.83. The van der Waals surface area contributed by atoms with Gasteiger partial charge in [-0.1, -0.05) is 22.9 Å². The van der Waals surface area contributed by atoms with E-state index < -0.39 is 0 Å². The lowest BCUT2D eigenvalue weighted by atomic mass is 10.2. The highest BCUT2D eigenvalue weighted by Crippen LogP contribution is 2.20. The van der Waals surface area contributed by atoms with Gasteiger partial charge in [0.25, 0.3) is 5.91 Å². The summed E-state index contributed by atoms with van der Waals surface area (Å²) < 4.78 is 14.7. The number of anilines is 1. The van der Waals surface area contributed by atoms with Crippen LogP contribution in [0.4, 0.5) is 10.1 Å². The maximum atomic E-state index is 13.1. The molecule has 0 saturated carbocycles. The number of nitrogens with zero attached hydrogens (tertiary/aromatic N) is 5. The summed E-state index contributed by atoms with van der Waals surface area (Å²) in [6.07, 6.45) is 0. The molecule has 2 aromatic carbocycles. The summed E-state index contributed by atoms with van der Waals surface area (Å²) in [4.78, 5) is 16.9. The Morgan fingerprint density at radius 2 is 1.75 bits per heavy atom. The van der Waals surface area contributed by atoms with Crippen LogP contribution in [0.3, 0.4) is 0 Å². The monoisotopic (exact) mass is 399 g/mol. The zero-order chi connectivity index (χ0) is 19.7. The Hall–Kier alpha value is -2.93. The number of halogens is 2. The van der Waals surface area contributed by atoms with E-state index >= 15 is 0 Å². The number of benzene rings is 2. The zero-order valence-corrected chi connectivity index (χ0v) is 16.1. The lowest BCUT2D eigenvalue weighted by Gasteiger charge is -2.35. The molecule has 0 spiro atoms. The van der Waals surface area contributed by atoms with Gasteiger partial charge in [-0.15, -0.1) is 5.10 Å². The molecule has 28 heavy (non-hydrogen) atoms. The molecule has 144 valence electrons. The van der Waals surface area contributed by atoms with E-state index in [1.165, 1.54) is 12.1 Å². The number of hydrogen-bond acceptors (Lipinski definition) is 4. The first-order valence-electron chi connectivity index (χ1n) is 9.01. The fraction of sp³-hybridized carbons (Fsp3) is 0.250. The molecular weight excluding hydrogens is 381 g/mol. The van der Waals surface area contributed by atoms with Crippen molar-refractivity contribution in [2.45, 2.75) is 6.92 Å². The molecule has 0 aliphatic carbocycles. The molecular formula is C20H19ClFN5O. The molecule has 0 unspecified atom stereocenters. The minimum absolute atomic E-state index is 0.135. The highest BCUT2D eigenvalue weighted by Gasteiger charge is 2.26. The van der Waals surface area contributed by atoms with Crippen LogP contribution in [-0.2, 0) is 0 Å². The second-order valence-corrected chi connectivity index (χ2v) is 7.11. The van der Waals surface area contributed by atoms with Crippen molar-refractivity contribution in [3.63, 3.8) is 0 Å². The Balaban J connectivity index is 1.46. The summed E-state index contributed by atoms with van der Waals surface area (Å²) in [6, 6.07) is 13.7. The van der Waals surface area contributed by atoms with Gasteiger partial charge in [-0.3, -0.25) is 4.79 Å². The van der Waals surface area contributed by atoms with Crippen molar-refractivity contribution in [1.29, 1.82) is 0 Å². The van der Waals surface area contributed by atoms with Crippen molar-refractivity contribution < 1.29 is 9.18 Å². The fourth-order valence-corrected chi connectivity index (χ4v) is 3.53. The van der Waals surface area contributed by atoms with Crippen LogP contribution in [0.15, 0.2) is 48.5 Å². The Morgan fingerprint density at radius 3 is 2.43 bits per heavy atom. The number of amides is 1. The van der Waals surface area contributed by atoms with E-state index in [9.17, 15) is 9.18 Å². The minimum Gasteiger partial charge on any atom is -0.368 e. The van der Waals surface area contributed by atoms with Gasteiger partial charge in [-0.05, 0) is 49.4 Å². The lowest BCUT2D eigenvalue weighted by Crippen LogP contribution is -2.49. The molecule has 6 nitrogen and oxygen atoms in total. The van der Waals surface area contributed by atoms with E-state index in [0.717, 1.165) is 11.4 Å². The summed E-state index contributed by atoms with van der Waals surface area (Å²) >= 11 is 6.05. The van der Waals surface area contributed by atoms with Gasteiger partial charge >= 0.3 is 0 Å². The molecule has 0 radical (unpaired) electrons. The number of rotatable bonds is 3. The lowest BCUT2D eigenvalue weighted by molar-refractivity contribution is 0.0740. The molecule has 4 rings (SSSR count). The van der Waals surface area contributed by atoms with E-state index in [-0.39, 0.29) is 11.7 Å². The van der Waals surface area contributed by atoms with Crippen LogP contribution < -0.4 is 4.90 Å². The molecule has 8 heteroatoms. The maximum Gasteiger partial charge on any atom is 0.276 e. The van der Waals surface area contributed by atoms with Gasteiger partial charge in [0.2, 0.25) is 0 Å². The average Bonchev–Trinajstić information content (AvgIpc) is 3.09. The van der Waals surface area contributed by atoms with Crippen molar-refractivity contribution in [3.8, 4) is 5.69 Å². The fourth-order valence-electron chi connectivity index (χ4n) is 3.35. The van der Waals surface area contributed by atoms with Crippen molar-refractivity contribution in [2.75, 3.05) is 31.1 Å². The molecule has 0 N–H and O–H groups in total. The van der Waals surface area contributed by atoms with Crippen molar-refractivity contribution in [1.82, 2.24) is 19.9 Å². The largest absolute Gasteiger partial charge is 0.368 e. The summed E-state index contributed by atoms with van der Waals surface area (Å²) in [5.74, 6) is -0.389. The number of carbonyl (C=O) groups excluding carboxylic acids is 1. The molecule has 1 aliphatic rings. The molecule has 3 aromatic rings. The molecule has 1 amide bonds. The van der Waals surface area contributed by atoms with Gasteiger partial charge in [0.05, 0.1) is 11.4 Å². The van der Waals surface area contributed by atoms with E-state index in [4.69, 9.17) is 11.6 Å². The van der Waals surface area contributed by atoms with Crippen LogP contribution in [0.5, 0.6) is 0 Å². The number of piperazine rings is 1. The first kappa shape index (κ1) is 18.4. The van der Waals surface area contributed by atoms with Crippen molar-refractivity contribution in [3.05, 3.63) is 70.8 Å². The number of aromatic nitrogens is 3. The number of hydrogen-bond donors (Lipinski definition) is 0. The first-order valence-corrected chi connectivity index (χ1v) is 9.39. The second-order valence-electron chi connectivity index (χ2n) is 6.67. The van der Waals surface area contributed by atoms with Gasteiger partial charge in [0, 0.05) is 36.9 Å².